The molecule has 4 aromatic carbocycles. The minimum Gasteiger partial charge on any atom is -0.333 e. The first kappa shape index (κ1) is 18.6. The van der Waals surface area contributed by atoms with Gasteiger partial charge in [-0.3, -0.25) is 4.79 Å². The number of hydrogen-bond donors (Lipinski definition) is 1. The van der Waals surface area contributed by atoms with Crippen LogP contribution in [0.1, 0.15) is 16.7 Å². The van der Waals surface area contributed by atoms with E-state index in [0.29, 0.717) is 19.5 Å². The van der Waals surface area contributed by atoms with Crippen molar-refractivity contribution in [3.05, 3.63) is 108 Å². The molecule has 0 saturated heterocycles. The first-order valence-electron chi connectivity index (χ1n) is 10.4. The van der Waals surface area contributed by atoms with Crippen molar-refractivity contribution in [2.45, 2.75) is 25.6 Å². The second-order valence-corrected chi connectivity index (χ2v) is 7.96. The Labute approximate surface area is 176 Å². The summed E-state index contributed by atoms with van der Waals surface area (Å²) in [5.74, 6) is 0.0161. The largest absolute Gasteiger partial charge is 0.333 e. The molecule has 1 atom stereocenters. The Balaban J connectivity index is 1.41. The number of amides is 1. The van der Waals surface area contributed by atoms with E-state index >= 15 is 0 Å². The maximum Gasteiger partial charge on any atom is 0.240 e. The summed E-state index contributed by atoms with van der Waals surface area (Å²) in [6.07, 6.45) is 0.529. The second-order valence-electron chi connectivity index (χ2n) is 7.96. The molecule has 1 aliphatic heterocycles. The third-order valence-electron chi connectivity index (χ3n) is 6.01. The Kier molecular flexibility index (Phi) is 4.82. The summed E-state index contributed by atoms with van der Waals surface area (Å²) in [5.41, 5.74) is 12.4. The van der Waals surface area contributed by atoms with Crippen LogP contribution >= 0.6 is 0 Å². The molecule has 5 rings (SSSR count). The second kappa shape index (κ2) is 7.77. The molecule has 1 aliphatic rings. The minimum absolute atomic E-state index is 0.0161. The van der Waals surface area contributed by atoms with Gasteiger partial charge in [0.25, 0.3) is 0 Å². The third-order valence-corrected chi connectivity index (χ3v) is 6.01. The number of benzene rings is 4. The van der Waals surface area contributed by atoms with Gasteiger partial charge < -0.3 is 10.6 Å². The van der Waals surface area contributed by atoms with Crippen LogP contribution in [0.25, 0.3) is 21.9 Å². The van der Waals surface area contributed by atoms with Gasteiger partial charge in [0.15, 0.2) is 0 Å². The fourth-order valence-electron chi connectivity index (χ4n) is 4.46. The van der Waals surface area contributed by atoms with Crippen molar-refractivity contribution in [2.75, 3.05) is 0 Å². The fourth-order valence-corrected chi connectivity index (χ4v) is 4.46. The molecule has 4 aromatic rings. The van der Waals surface area contributed by atoms with Crippen LogP contribution in [0.15, 0.2) is 91.0 Å². The van der Waals surface area contributed by atoms with E-state index in [-0.39, 0.29) is 5.91 Å². The van der Waals surface area contributed by atoms with Crippen molar-refractivity contribution >= 4 is 16.7 Å². The van der Waals surface area contributed by atoms with Crippen molar-refractivity contribution in [1.82, 2.24) is 4.90 Å². The topological polar surface area (TPSA) is 46.3 Å². The summed E-state index contributed by atoms with van der Waals surface area (Å²) in [4.78, 5) is 14.9. The van der Waals surface area contributed by atoms with E-state index in [1.165, 1.54) is 27.6 Å². The number of nitrogens with two attached hydrogens (primary N) is 1. The van der Waals surface area contributed by atoms with Gasteiger partial charge in [0.1, 0.15) is 0 Å². The first-order chi connectivity index (χ1) is 14.7. The van der Waals surface area contributed by atoms with Gasteiger partial charge in [-0.25, -0.2) is 0 Å². The van der Waals surface area contributed by atoms with Gasteiger partial charge in [-0.05, 0) is 45.0 Å². The summed E-state index contributed by atoms with van der Waals surface area (Å²) in [7, 11) is 0. The lowest BCUT2D eigenvalue weighted by Gasteiger charge is -2.21. The highest BCUT2D eigenvalue weighted by Gasteiger charge is 2.27. The van der Waals surface area contributed by atoms with E-state index in [4.69, 9.17) is 5.73 Å². The lowest BCUT2D eigenvalue weighted by Crippen LogP contribution is -2.42. The molecule has 0 bridgehead atoms. The lowest BCUT2D eigenvalue weighted by atomic mass is 9.92. The Morgan fingerprint density at radius 3 is 2.07 bits per heavy atom. The van der Waals surface area contributed by atoms with Crippen molar-refractivity contribution in [3.8, 4) is 11.1 Å². The average molecular weight is 393 g/mol. The quantitative estimate of drug-likeness (QED) is 0.536. The van der Waals surface area contributed by atoms with Crippen molar-refractivity contribution in [2.24, 2.45) is 5.73 Å². The summed E-state index contributed by atoms with van der Waals surface area (Å²) >= 11 is 0. The molecule has 1 heterocycles. The number of fused-ring (bicyclic) bond motifs is 2. The molecule has 3 heteroatoms. The minimum atomic E-state index is -0.551. The van der Waals surface area contributed by atoms with Gasteiger partial charge in [0.05, 0.1) is 6.04 Å². The van der Waals surface area contributed by atoms with E-state index in [1.807, 2.05) is 29.2 Å². The van der Waals surface area contributed by atoms with Gasteiger partial charge in [-0.1, -0.05) is 91.0 Å². The number of hydrogen-bond acceptors (Lipinski definition) is 2. The molecule has 0 saturated carbocycles. The molecule has 1 unspecified atom stereocenters. The average Bonchev–Trinajstić information content (AvgIpc) is 3.23. The maximum absolute atomic E-state index is 13.0. The van der Waals surface area contributed by atoms with Crippen molar-refractivity contribution in [1.29, 1.82) is 0 Å². The SMILES string of the molecule is NC(Cc1ccc(-c2ccccc2)c2ccccc12)C(=O)N1Cc2ccccc2C1. The Morgan fingerprint density at radius 1 is 0.767 bits per heavy atom. The molecule has 0 radical (unpaired) electrons. The standard InChI is InChI=1S/C27H24N2O/c28-26(27(30)29-17-21-10-4-5-11-22(21)18-29)16-20-14-15-24(19-8-2-1-3-9-19)25-13-7-6-12-23(20)25/h1-15,26H,16-18,28H2. The predicted molar refractivity (Wildman–Crippen MR) is 122 cm³/mol. The van der Waals surface area contributed by atoms with Crippen LogP contribution in [0.3, 0.4) is 0 Å². The molecule has 0 aliphatic carbocycles. The van der Waals surface area contributed by atoms with Gasteiger partial charge in [-0.15, -0.1) is 0 Å². The Bertz CT molecular complexity index is 1190. The van der Waals surface area contributed by atoms with Crippen LogP contribution < -0.4 is 5.73 Å². The molecule has 0 aromatic heterocycles. The van der Waals surface area contributed by atoms with Crippen LogP contribution in [0.4, 0.5) is 0 Å². The smallest absolute Gasteiger partial charge is 0.240 e. The summed E-state index contributed by atoms with van der Waals surface area (Å²) in [5, 5.41) is 2.35. The molecular formula is C27H24N2O. The summed E-state index contributed by atoms with van der Waals surface area (Å²) in [6.45, 7) is 1.30. The molecule has 1 amide bonds. The first-order valence-corrected chi connectivity index (χ1v) is 10.4. The van der Waals surface area contributed by atoms with Crippen LogP contribution in [0.2, 0.25) is 0 Å². The normalized spacial score (nSPS) is 14.0. The van der Waals surface area contributed by atoms with E-state index in [9.17, 15) is 4.79 Å². The highest BCUT2D eigenvalue weighted by atomic mass is 16.2. The van der Waals surface area contributed by atoms with Crippen molar-refractivity contribution < 1.29 is 4.79 Å². The summed E-state index contributed by atoms with van der Waals surface area (Å²) < 4.78 is 0. The number of nitrogens with zero attached hydrogens (tertiary/aromatic N) is 1. The van der Waals surface area contributed by atoms with E-state index in [2.05, 4.69) is 66.7 Å². The molecule has 3 nitrogen and oxygen atoms in total. The summed E-state index contributed by atoms with van der Waals surface area (Å²) in [6, 6.07) is 30.7. The molecule has 148 valence electrons. The van der Waals surface area contributed by atoms with E-state index in [0.717, 1.165) is 10.9 Å². The van der Waals surface area contributed by atoms with Gasteiger partial charge >= 0.3 is 0 Å². The lowest BCUT2D eigenvalue weighted by molar-refractivity contribution is -0.133. The highest BCUT2D eigenvalue weighted by molar-refractivity contribution is 5.99. The van der Waals surface area contributed by atoms with Gasteiger partial charge in [0, 0.05) is 13.1 Å². The molecule has 0 fully saturated rings. The van der Waals surface area contributed by atoms with Crippen molar-refractivity contribution in [3.63, 3.8) is 0 Å². The monoisotopic (exact) mass is 392 g/mol. The molecule has 30 heavy (non-hydrogen) atoms. The molecular weight excluding hydrogens is 368 g/mol. The fraction of sp³-hybridized carbons (Fsp3) is 0.148. The Morgan fingerprint density at radius 2 is 1.37 bits per heavy atom. The zero-order valence-corrected chi connectivity index (χ0v) is 16.8. The number of rotatable bonds is 4. The van der Waals surface area contributed by atoms with E-state index < -0.39 is 6.04 Å². The maximum atomic E-state index is 13.0. The molecule has 2 N–H and O–H groups in total. The zero-order chi connectivity index (χ0) is 20.5. The van der Waals surface area contributed by atoms with Gasteiger partial charge in [-0.2, -0.15) is 0 Å². The van der Waals surface area contributed by atoms with Crippen LogP contribution in [0.5, 0.6) is 0 Å². The third kappa shape index (κ3) is 3.38. The number of carbonyl (C=O) groups is 1. The van der Waals surface area contributed by atoms with Gasteiger partial charge in [0.2, 0.25) is 5.91 Å². The van der Waals surface area contributed by atoms with Crippen LogP contribution in [-0.2, 0) is 24.3 Å². The van der Waals surface area contributed by atoms with Crippen LogP contribution in [0, 0.1) is 0 Å². The zero-order valence-electron chi connectivity index (χ0n) is 16.8. The predicted octanol–water partition coefficient (Wildman–Crippen LogP) is 4.92. The van der Waals surface area contributed by atoms with E-state index in [1.54, 1.807) is 0 Å². The molecule has 0 spiro atoms. The highest BCUT2D eigenvalue weighted by Crippen LogP contribution is 2.31. The Hall–Kier alpha value is -3.43. The number of carbonyl (C=O) groups excluding carboxylic acids is 1. The van der Waals surface area contributed by atoms with Crippen LogP contribution in [-0.4, -0.2) is 16.8 Å².